The monoisotopic (exact) mass is 333 g/mol. The summed E-state index contributed by atoms with van der Waals surface area (Å²) < 4.78 is 32.7. The quantitative estimate of drug-likeness (QED) is 0.864. The number of ketones is 1. The topological polar surface area (TPSA) is 52.3 Å². The molecule has 1 aromatic rings. The van der Waals surface area contributed by atoms with Gasteiger partial charge in [-0.05, 0) is 40.9 Å². The van der Waals surface area contributed by atoms with Gasteiger partial charge in [-0.25, -0.2) is 8.78 Å². The van der Waals surface area contributed by atoms with Gasteiger partial charge in [0.05, 0.1) is 10.0 Å². The number of ether oxygens (including phenoxy) is 1. The zero-order valence-corrected chi connectivity index (χ0v) is 11.8. The molecule has 0 aliphatic carbocycles. The molecule has 1 heterocycles. The lowest BCUT2D eigenvalue weighted by Gasteiger charge is -2.31. The first kappa shape index (κ1) is 14.6. The molecular formula is C13H14BrF2NO2. The second-order valence-corrected chi connectivity index (χ2v) is 5.54. The highest BCUT2D eigenvalue weighted by Gasteiger charge is 2.36. The highest BCUT2D eigenvalue weighted by Crippen LogP contribution is 2.25. The number of nitrogens with two attached hydrogens (primary N) is 1. The molecule has 1 saturated heterocycles. The van der Waals surface area contributed by atoms with Crippen molar-refractivity contribution in [3.8, 4) is 0 Å². The molecule has 2 rings (SSSR count). The van der Waals surface area contributed by atoms with Gasteiger partial charge in [-0.1, -0.05) is 0 Å². The third kappa shape index (κ3) is 3.01. The Morgan fingerprint density at radius 3 is 2.63 bits per heavy atom. The van der Waals surface area contributed by atoms with Crippen LogP contribution in [0.4, 0.5) is 8.78 Å². The third-order valence-electron chi connectivity index (χ3n) is 3.42. The molecule has 0 atom stereocenters. The van der Waals surface area contributed by atoms with E-state index in [9.17, 15) is 13.6 Å². The first-order valence-electron chi connectivity index (χ1n) is 5.96. The number of halogens is 3. The summed E-state index contributed by atoms with van der Waals surface area (Å²) in [6.45, 7) is 0.789. The summed E-state index contributed by atoms with van der Waals surface area (Å²) in [6.07, 6.45) is 0.416. The lowest BCUT2D eigenvalue weighted by Crippen LogP contribution is -2.52. The van der Waals surface area contributed by atoms with Crippen molar-refractivity contribution in [3.05, 3.63) is 33.8 Å². The predicted molar refractivity (Wildman–Crippen MR) is 69.7 cm³/mol. The van der Waals surface area contributed by atoms with Crippen LogP contribution < -0.4 is 5.73 Å². The molecule has 19 heavy (non-hydrogen) atoms. The van der Waals surface area contributed by atoms with E-state index in [-0.39, 0.29) is 22.2 Å². The summed E-state index contributed by atoms with van der Waals surface area (Å²) in [7, 11) is 0. The lowest BCUT2D eigenvalue weighted by molar-refractivity contribution is -0.126. The molecule has 0 saturated carbocycles. The molecule has 0 radical (unpaired) electrons. The van der Waals surface area contributed by atoms with Gasteiger partial charge in [0.25, 0.3) is 0 Å². The predicted octanol–water partition coefficient (Wildman–Crippen LogP) is 2.35. The summed E-state index contributed by atoms with van der Waals surface area (Å²) in [6, 6.07) is 2.40. The average Bonchev–Trinajstić information content (AvgIpc) is 2.40. The van der Waals surface area contributed by atoms with Gasteiger partial charge in [0.1, 0.15) is 11.6 Å². The highest BCUT2D eigenvalue weighted by molar-refractivity contribution is 9.10. The first-order valence-corrected chi connectivity index (χ1v) is 6.75. The van der Waals surface area contributed by atoms with Gasteiger partial charge in [0.2, 0.25) is 0 Å². The van der Waals surface area contributed by atoms with Crippen molar-refractivity contribution in [2.75, 3.05) is 13.2 Å². The fourth-order valence-corrected chi connectivity index (χ4v) is 2.45. The van der Waals surface area contributed by atoms with E-state index in [1.165, 1.54) is 6.07 Å². The fourth-order valence-electron chi connectivity index (χ4n) is 2.08. The zero-order chi connectivity index (χ0) is 14.0. The molecule has 3 nitrogen and oxygen atoms in total. The normalized spacial score (nSPS) is 18.3. The Kier molecular flexibility index (Phi) is 4.32. The minimum atomic E-state index is -1.04. The van der Waals surface area contributed by atoms with E-state index in [0.29, 0.717) is 26.1 Å². The van der Waals surface area contributed by atoms with Crippen molar-refractivity contribution in [1.82, 2.24) is 0 Å². The first-order chi connectivity index (χ1) is 8.94. The number of benzene rings is 1. The van der Waals surface area contributed by atoms with Gasteiger partial charge in [-0.15, -0.1) is 0 Å². The van der Waals surface area contributed by atoms with Gasteiger partial charge >= 0.3 is 0 Å². The highest BCUT2D eigenvalue weighted by atomic mass is 79.9. The van der Waals surface area contributed by atoms with Crippen molar-refractivity contribution in [2.45, 2.75) is 24.8 Å². The molecule has 2 N–H and O–H groups in total. The molecule has 1 aromatic carbocycles. The number of carbonyl (C=O) groups is 1. The molecule has 0 aromatic heterocycles. The Morgan fingerprint density at radius 2 is 2.00 bits per heavy atom. The van der Waals surface area contributed by atoms with Crippen molar-refractivity contribution in [1.29, 1.82) is 0 Å². The molecule has 0 spiro atoms. The van der Waals surface area contributed by atoms with E-state index in [4.69, 9.17) is 10.5 Å². The Morgan fingerprint density at radius 1 is 1.37 bits per heavy atom. The van der Waals surface area contributed by atoms with Crippen LogP contribution in [0, 0.1) is 11.6 Å². The van der Waals surface area contributed by atoms with Gasteiger partial charge in [0, 0.05) is 25.2 Å². The van der Waals surface area contributed by atoms with Crippen LogP contribution in [-0.4, -0.2) is 24.5 Å². The number of hydrogen-bond acceptors (Lipinski definition) is 3. The van der Waals surface area contributed by atoms with Gasteiger partial charge in [-0.2, -0.15) is 0 Å². The van der Waals surface area contributed by atoms with E-state index in [2.05, 4.69) is 15.9 Å². The maximum Gasteiger partial charge on any atom is 0.157 e. The number of hydrogen-bond donors (Lipinski definition) is 1. The van der Waals surface area contributed by atoms with E-state index in [1.807, 2.05) is 0 Å². The standard InChI is InChI=1S/C13H14BrF2NO2/c14-9-1-2-10(15)8(12(9)16)7-11(18)13(17)3-5-19-6-4-13/h1-2H,3-7,17H2. The summed E-state index contributed by atoms with van der Waals surface area (Å²) in [5.74, 6) is -1.83. The molecule has 1 fully saturated rings. The van der Waals surface area contributed by atoms with E-state index < -0.39 is 17.2 Å². The number of Topliss-reactive ketones (excluding diaryl/α,β-unsaturated/α-hetero) is 1. The van der Waals surface area contributed by atoms with Crippen LogP contribution in [0.5, 0.6) is 0 Å². The summed E-state index contributed by atoms with van der Waals surface area (Å²) >= 11 is 2.98. The molecule has 6 heteroatoms. The fraction of sp³-hybridized carbons (Fsp3) is 0.462. The van der Waals surface area contributed by atoms with E-state index >= 15 is 0 Å². The van der Waals surface area contributed by atoms with Crippen LogP contribution in [0.3, 0.4) is 0 Å². The molecule has 0 bridgehead atoms. The number of rotatable bonds is 3. The molecule has 0 unspecified atom stereocenters. The minimum absolute atomic E-state index is 0.134. The average molecular weight is 334 g/mol. The zero-order valence-electron chi connectivity index (χ0n) is 10.2. The van der Waals surface area contributed by atoms with E-state index in [1.54, 1.807) is 0 Å². The minimum Gasteiger partial charge on any atom is -0.381 e. The maximum atomic E-state index is 13.8. The van der Waals surface area contributed by atoms with Crippen LogP contribution >= 0.6 is 15.9 Å². The summed E-state index contributed by atoms with van der Waals surface area (Å²) in [5, 5.41) is 0. The van der Waals surface area contributed by atoms with Crippen LogP contribution in [-0.2, 0) is 16.0 Å². The second-order valence-electron chi connectivity index (χ2n) is 4.69. The maximum absolute atomic E-state index is 13.8. The van der Waals surface area contributed by atoms with Crippen molar-refractivity contribution < 1.29 is 18.3 Å². The van der Waals surface area contributed by atoms with Crippen LogP contribution in [0.1, 0.15) is 18.4 Å². The summed E-state index contributed by atoms with van der Waals surface area (Å²) in [4.78, 5) is 12.2. The van der Waals surface area contributed by atoms with Crippen molar-refractivity contribution in [2.24, 2.45) is 5.73 Å². The largest absolute Gasteiger partial charge is 0.381 e. The third-order valence-corrected chi connectivity index (χ3v) is 4.03. The molecule has 0 amide bonds. The molecule has 104 valence electrons. The SMILES string of the molecule is NC1(C(=O)Cc2c(F)ccc(Br)c2F)CCOCC1. The van der Waals surface area contributed by atoms with Crippen LogP contribution in [0.2, 0.25) is 0 Å². The second kappa shape index (κ2) is 5.64. The smallest absolute Gasteiger partial charge is 0.157 e. The van der Waals surface area contributed by atoms with Crippen LogP contribution in [0.15, 0.2) is 16.6 Å². The van der Waals surface area contributed by atoms with Crippen molar-refractivity contribution >= 4 is 21.7 Å². The van der Waals surface area contributed by atoms with Crippen LogP contribution in [0.25, 0.3) is 0 Å². The Labute approximate surface area is 118 Å². The van der Waals surface area contributed by atoms with E-state index in [0.717, 1.165) is 6.07 Å². The molecule has 1 aliphatic rings. The van der Waals surface area contributed by atoms with Gasteiger partial charge in [0.15, 0.2) is 5.78 Å². The molecule has 1 aliphatic heterocycles. The lowest BCUT2D eigenvalue weighted by atomic mass is 9.84. The van der Waals surface area contributed by atoms with Gasteiger partial charge < -0.3 is 10.5 Å². The number of carbonyl (C=O) groups excluding carboxylic acids is 1. The molecular weight excluding hydrogens is 320 g/mol. The van der Waals surface area contributed by atoms with Gasteiger partial charge in [-0.3, -0.25) is 4.79 Å². The Bertz CT molecular complexity index is 502. The van der Waals surface area contributed by atoms with Crippen molar-refractivity contribution in [3.63, 3.8) is 0 Å². The summed E-state index contributed by atoms with van der Waals surface area (Å²) in [5.41, 5.74) is 4.72. The Balaban J connectivity index is 2.21. The Hall–Kier alpha value is -0.850.